The molecule has 2 nitrogen and oxygen atoms in total. The van der Waals surface area contributed by atoms with E-state index in [-0.39, 0.29) is 0 Å². The fourth-order valence-electron chi connectivity index (χ4n) is 2.51. The number of benzene rings is 2. The molecule has 0 spiro atoms. The van der Waals surface area contributed by atoms with E-state index in [4.69, 9.17) is 34.3 Å². The van der Waals surface area contributed by atoms with Crippen molar-refractivity contribution in [2.24, 2.45) is 5.73 Å². The molecule has 0 atom stereocenters. The van der Waals surface area contributed by atoms with Crippen molar-refractivity contribution in [3.8, 4) is 11.5 Å². The summed E-state index contributed by atoms with van der Waals surface area (Å²) in [6, 6.07) is 11.6. The monoisotopic (exact) mass is 303 g/mol. The average Bonchev–Trinajstić information content (AvgIpc) is 2.85. The van der Waals surface area contributed by atoms with Gasteiger partial charge >= 0.3 is 0 Å². The highest BCUT2D eigenvalue weighted by Gasteiger charge is 2.12. The number of ether oxygens (including phenoxy) is 1. The van der Waals surface area contributed by atoms with E-state index in [0.717, 1.165) is 12.2 Å². The zero-order chi connectivity index (χ0) is 14.1. The molecule has 0 unspecified atom stereocenters. The third-order valence-electron chi connectivity index (χ3n) is 3.51. The molecule has 0 aliphatic heterocycles. The molecule has 0 amide bonds. The second-order valence-corrected chi connectivity index (χ2v) is 5.74. The second-order valence-electron chi connectivity index (χ2n) is 4.89. The van der Waals surface area contributed by atoms with Crippen LogP contribution in [-0.4, -0.2) is 4.99 Å². The van der Waals surface area contributed by atoms with E-state index in [1.807, 2.05) is 12.1 Å². The molecule has 0 radical (unpaired) electrons. The summed E-state index contributed by atoms with van der Waals surface area (Å²) in [4.78, 5) is 0.291. The van der Waals surface area contributed by atoms with Crippen LogP contribution in [0.25, 0.3) is 0 Å². The van der Waals surface area contributed by atoms with Crippen LogP contribution in [0, 0.1) is 0 Å². The third-order valence-corrected chi connectivity index (χ3v) is 4.04. The van der Waals surface area contributed by atoms with Gasteiger partial charge in [-0.25, -0.2) is 0 Å². The van der Waals surface area contributed by atoms with E-state index < -0.39 is 0 Å². The number of fused-ring (bicyclic) bond motifs is 1. The molecule has 102 valence electrons. The molecular weight excluding hydrogens is 290 g/mol. The van der Waals surface area contributed by atoms with Gasteiger partial charge in [-0.05, 0) is 54.7 Å². The molecule has 2 aromatic carbocycles. The van der Waals surface area contributed by atoms with Crippen LogP contribution in [0.4, 0.5) is 0 Å². The van der Waals surface area contributed by atoms with E-state index in [1.54, 1.807) is 12.1 Å². The van der Waals surface area contributed by atoms with Gasteiger partial charge < -0.3 is 10.5 Å². The maximum atomic E-state index is 6.14. The second kappa shape index (κ2) is 5.43. The van der Waals surface area contributed by atoms with Crippen molar-refractivity contribution in [2.45, 2.75) is 19.3 Å². The molecule has 3 rings (SSSR count). The van der Waals surface area contributed by atoms with Crippen LogP contribution in [0.3, 0.4) is 0 Å². The van der Waals surface area contributed by atoms with Gasteiger partial charge in [-0.2, -0.15) is 0 Å². The zero-order valence-corrected chi connectivity index (χ0v) is 12.4. The Morgan fingerprint density at radius 2 is 1.75 bits per heavy atom. The lowest BCUT2D eigenvalue weighted by atomic mass is 10.1. The Hall–Kier alpha value is -1.58. The van der Waals surface area contributed by atoms with E-state index >= 15 is 0 Å². The van der Waals surface area contributed by atoms with Gasteiger partial charge in [-0.15, -0.1) is 0 Å². The first-order valence-electron chi connectivity index (χ1n) is 6.52. The normalized spacial score (nSPS) is 13.1. The first-order chi connectivity index (χ1) is 9.63. The Labute approximate surface area is 128 Å². The van der Waals surface area contributed by atoms with Crippen molar-refractivity contribution < 1.29 is 4.74 Å². The summed E-state index contributed by atoms with van der Waals surface area (Å²) in [5.74, 6) is 1.53. The average molecular weight is 304 g/mol. The summed E-state index contributed by atoms with van der Waals surface area (Å²) in [6.45, 7) is 0. The lowest BCUT2D eigenvalue weighted by Gasteiger charge is -2.09. The van der Waals surface area contributed by atoms with Crippen LogP contribution in [0.1, 0.15) is 23.1 Å². The molecule has 1 aliphatic rings. The third kappa shape index (κ3) is 2.65. The molecule has 1 aliphatic carbocycles. The zero-order valence-electron chi connectivity index (χ0n) is 10.9. The summed E-state index contributed by atoms with van der Waals surface area (Å²) < 4.78 is 5.85. The smallest absolute Gasteiger partial charge is 0.128 e. The van der Waals surface area contributed by atoms with Crippen LogP contribution in [0.2, 0.25) is 5.02 Å². The van der Waals surface area contributed by atoms with E-state index in [1.165, 1.54) is 24.0 Å². The van der Waals surface area contributed by atoms with Gasteiger partial charge in [0.05, 0.1) is 5.02 Å². The van der Waals surface area contributed by atoms with Gasteiger partial charge in [-0.3, -0.25) is 0 Å². The Kier molecular flexibility index (Phi) is 3.64. The molecule has 0 saturated heterocycles. The van der Waals surface area contributed by atoms with Gasteiger partial charge in [0.1, 0.15) is 16.5 Å². The first-order valence-corrected chi connectivity index (χ1v) is 7.31. The minimum Gasteiger partial charge on any atom is -0.457 e. The molecule has 2 aromatic rings. The molecule has 0 aromatic heterocycles. The molecule has 0 saturated carbocycles. The van der Waals surface area contributed by atoms with Gasteiger partial charge in [0.2, 0.25) is 0 Å². The lowest BCUT2D eigenvalue weighted by molar-refractivity contribution is 0.482. The Bertz CT molecular complexity index is 684. The molecule has 0 heterocycles. The van der Waals surface area contributed by atoms with E-state index in [9.17, 15) is 0 Å². The number of rotatable bonds is 3. The molecule has 0 bridgehead atoms. The summed E-state index contributed by atoms with van der Waals surface area (Å²) in [5.41, 5.74) is 9.07. The fourth-order valence-corrected chi connectivity index (χ4v) is 3.01. The molecule has 20 heavy (non-hydrogen) atoms. The number of thiocarbonyl (C=S) groups is 1. The van der Waals surface area contributed by atoms with Crippen molar-refractivity contribution in [1.29, 1.82) is 0 Å². The molecule has 2 N–H and O–H groups in total. The Morgan fingerprint density at radius 3 is 2.50 bits per heavy atom. The predicted octanol–water partition coefficient (Wildman–Crippen LogP) is 4.26. The number of hydrogen-bond donors (Lipinski definition) is 1. The van der Waals surface area contributed by atoms with Crippen LogP contribution in [0.15, 0.2) is 36.4 Å². The SMILES string of the molecule is NC(=S)c1ccc(Oc2ccc3c(c2)CCC3)cc1Cl. The largest absolute Gasteiger partial charge is 0.457 e. The minimum atomic E-state index is 0.291. The van der Waals surface area contributed by atoms with Crippen molar-refractivity contribution in [1.82, 2.24) is 0 Å². The van der Waals surface area contributed by atoms with E-state index in [2.05, 4.69) is 12.1 Å². The highest BCUT2D eigenvalue weighted by molar-refractivity contribution is 7.80. The summed E-state index contributed by atoms with van der Waals surface area (Å²) in [7, 11) is 0. The predicted molar refractivity (Wildman–Crippen MR) is 85.9 cm³/mol. The quantitative estimate of drug-likeness (QED) is 0.861. The molecule has 0 fully saturated rings. The molecular formula is C16H14ClNOS. The van der Waals surface area contributed by atoms with Crippen molar-refractivity contribution >= 4 is 28.8 Å². The number of nitrogens with two attached hydrogens (primary N) is 1. The van der Waals surface area contributed by atoms with Crippen LogP contribution in [-0.2, 0) is 12.8 Å². The Balaban J connectivity index is 1.84. The van der Waals surface area contributed by atoms with Crippen LogP contribution >= 0.6 is 23.8 Å². The first kappa shape index (κ1) is 13.4. The number of hydrogen-bond acceptors (Lipinski definition) is 2. The highest BCUT2D eigenvalue weighted by Crippen LogP contribution is 2.30. The van der Waals surface area contributed by atoms with Crippen LogP contribution in [0.5, 0.6) is 11.5 Å². The highest BCUT2D eigenvalue weighted by atomic mass is 35.5. The maximum absolute atomic E-state index is 6.14. The Morgan fingerprint density at radius 1 is 1.05 bits per heavy atom. The molecule has 4 heteroatoms. The maximum Gasteiger partial charge on any atom is 0.128 e. The van der Waals surface area contributed by atoms with Gasteiger partial charge in [0.15, 0.2) is 0 Å². The number of halogens is 1. The van der Waals surface area contributed by atoms with Crippen molar-refractivity contribution in [3.05, 3.63) is 58.1 Å². The van der Waals surface area contributed by atoms with E-state index in [0.29, 0.717) is 21.3 Å². The fraction of sp³-hybridized carbons (Fsp3) is 0.188. The number of aryl methyl sites for hydroxylation is 2. The lowest BCUT2D eigenvalue weighted by Crippen LogP contribution is -2.09. The minimum absolute atomic E-state index is 0.291. The summed E-state index contributed by atoms with van der Waals surface area (Å²) in [6.07, 6.45) is 3.53. The van der Waals surface area contributed by atoms with Crippen molar-refractivity contribution in [2.75, 3.05) is 0 Å². The summed E-state index contributed by atoms with van der Waals surface area (Å²) >= 11 is 11.1. The summed E-state index contributed by atoms with van der Waals surface area (Å²) in [5, 5.41) is 0.510. The van der Waals surface area contributed by atoms with Gasteiger partial charge in [0.25, 0.3) is 0 Å². The van der Waals surface area contributed by atoms with Crippen LogP contribution < -0.4 is 10.5 Å². The topological polar surface area (TPSA) is 35.2 Å². The van der Waals surface area contributed by atoms with Gasteiger partial charge in [-0.1, -0.05) is 29.9 Å². The standard InChI is InChI=1S/C16H14ClNOS/c17-15-9-13(6-7-14(15)16(18)20)19-12-5-4-10-2-1-3-11(10)8-12/h4-9H,1-3H2,(H2,18,20). The van der Waals surface area contributed by atoms with Crippen molar-refractivity contribution in [3.63, 3.8) is 0 Å². The van der Waals surface area contributed by atoms with Gasteiger partial charge in [0, 0.05) is 11.6 Å².